The molecule has 0 heterocycles. The number of benzene rings is 6. The van der Waals surface area contributed by atoms with Gasteiger partial charge in [-0.2, -0.15) is 9.10 Å². The van der Waals surface area contributed by atoms with Crippen molar-refractivity contribution in [2.75, 3.05) is 6.79 Å². The summed E-state index contributed by atoms with van der Waals surface area (Å²) < 4.78 is 21.5. The minimum absolute atomic E-state index is 0.0497. The van der Waals surface area contributed by atoms with E-state index in [0.717, 1.165) is 0 Å². The van der Waals surface area contributed by atoms with E-state index in [2.05, 4.69) is 237 Å². The van der Waals surface area contributed by atoms with Gasteiger partial charge in [-0.15, -0.1) is 0 Å². The lowest BCUT2D eigenvalue weighted by Crippen LogP contribution is -2.11. The summed E-state index contributed by atoms with van der Waals surface area (Å²) >= 11 is 3.77. The van der Waals surface area contributed by atoms with E-state index in [1.165, 1.54) is 40.5 Å². The fraction of sp³-hybridized carbons (Fsp3) is 0.200. The summed E-state index contributed by atoms with van der Waals surface area (Å²) in [6.45, 7) is 12.8. The zero-order valence-corrected chi connectivity index (χ0v) is 35.3. The number of hydrogen-bond donors (Lipinski definition) is 2. The standard InChI is InChI=1S/2C22H23S.CH4O6S2/c2*1-22(2,3)18-14-16-21(17-15-18)23(19-10-6-4-7-11-19)20-12-8-5-9-13-20;2-1-5-6-7-9(3,4)8/h2*4-17H,1-3H3;2H,1H2,(H,3,4,8)/q2*+1;. The first kappa shape index (κ1) is 43.9. The number of aliphatic hydroxyl groups is 1. The second kappa shape index (κ2) is 20.9. The van der Waals surface area contributed by atoms with Crippen molar-refractivity contribution in [3.05, 3.63) is 181 Å². The molecule has 0 saturated heterocycles. The van der Waals surface area contributed by atoms with Gasteiger partial charge in [0.05, 0.1) is 21.8 Å². The Bertz CT molecular complexity index is 1870. The summed E-state index contributed by atoms with van der Waals surface area (Å²) in [7, 11) is -3.92. The van der Waals surface area contributed by atoms with Gasteiger partial charge in [-0.1, -0.05) is 143 Å². The lowest BCUT2D eigenvalue weighted by molar-refractivity contribution is -0.481. The molecule has 0 aliphatic heterocycles. The molecule has 0 aliphatic carbocycles. The van der Waals surface area contributed by atoms with Crippen molar-refractivity contribution in [1.29, 1.82) is 0 Å². The van der Waals surface area contributed by atoms with E-state index in [9.17, 15) is 4.21 Å². The molecule has 0 spiro atoms. The largest absolute Gasteiger partial charge is 0.368 e. The molecule has 6 aromatic carbocycles. The van der Waals surface area contributed by atoms with Crippen molar-refractivity contribution in [3.8, 4) is 0 Å². The Hall–Kier alpha value is -3.81. The number of rotatable bonds is 10. The van der Waals surface area contributed by atoms with Crippen molar-refractivity contribution in [2.24, 2.45) is 0 Å². The topological polar surface area (TPSA) is 85.2 Å². The van der Waals surface area contributed by atoms with Crippen LogP contribution in [-0.4, -0.2) is 20.7 Å². The van der Waals surface area contributed by atoms with Crippen molar-refractivity contribution in [1.82, 2.24) is 0 Å². The molecule has 0 amide bonds. The average Bonchev–Trinajstić information content (AvgIpc) is 3.17. The third kappa shape index (κ3) is 14.3. The van der Waals surface area contributed by atoms with Crippen LogP contribution in [0.1, 0.15) is 52.7 Å². The Morgan fingerprint density at radius 3 is 0.964 bits per heavy atom. The summed E-state index contributed by atoms with van der Waals surface area (Å²) in [5, 5.41) is 11.3. The fourth-order valence-electron chi connectivity index (χ4n) is 5.30. The highest BCUT2D eigenvalue weighted by Gasteiger charge is 2.30. The Kier molecular flexibility index (Phi) is 16.7. The van der Waals surface area contributed by atoms with Gasteiger partial charge < -0.3 is 5.11 Å². The molecule has 0 saturated carbocycles. The predicted octanol–water partition coefficient (Wildman–Crippen LogP) is 11.1. The molecule has 10 heteroatoms. The van der Waals surface area contributed by atoms with E-state index >= 15 is 0 Å². The maximum atomic E-state index is 9.92. The van der Waals surface area contributed by atoms with Gasteiger partial charge in [0.15, 0.2) is 36.2 Å². The Balaban J connectivity index is 0.000000201. The molecule has 1 atom stereocenters. The third-order valence-electron chi connectivity index (χ3n) is 8.04. The maximum Gasteiger partial charge on any atom is 0.296 e. The van der Waals surface area contributed by atoms with Crippen molar-refractivity contribution < 1.29 is 28.1 Å². The molecule has 6 rings (SSSR count). The van der Waals surface area contributed by atoms with Crippen molar-refractivity contribution in [2.45, 2.75) is 81.7 Å². The first-order valence-corrected chi connectivity index (χ1v) is 22.4. The molecule has 1 unspecified atom stereocenters. The molecule has 2 N–H and O–H groups in total. The molecule has 6 aromatic rings. The second-order valence-corrected chi connectivity index (χ2v) is 20.5. The normalized spacial score (nSPS) is 12.5. The van der Waals surface area contributed by atoms with E-state index in [1.54, 1.807) is 0 Å². The maximum absolute atomic E-state index is 9.92. The van der Waals surface area contributed by atoms with Crippen LogP contribution >= 0.6 is 0 Å². The van der Waals surface area contributed by atoms with Gasteiger partial charge in [0.1, 0.15) is 0 Å². The molecule has 0 bridgehead atoms. The molecule has 55 heavy (non-hydrogen) atoms. The Labute approximate surface area is 337 Å². The van der Waals surface area contributed by atoms with E-state index in [0.29, 0.717) is 0 Å². The van der Waals surface area contributed by atoms with Crippen molar-refractivity contribution >= 4 is 42.0 Å². The van der Waals surface area contributed by atoms with Crippen LogP contribution < -0.4 is 0 Å². The van der Waals surface area contributed by atoms with Crippen LogP contribution in [-0.2, 0) is 67.1 Å². The lowest BCUT2D eigenvalue weighted by Gasteiger charge is -2.19. The second-order valence-electron chi connectivity index (χ2n) is 14.2. The highest BCUT2D eigenvalue weighted by Crippen LogP contribution is 2.34. The molecule has 6 nitrogen and oxygen atoms in total. The van der Waals surface area contributed by atoms with Crippen LogP contribution in [0.5, 0.6) is 0 Å². The summed E-state index contributed by atoms with van der Waals surface area (Å²) in [5.41, 5.74) is 3.14. The van der Waals surface area contributed by atoms with Crippen LogP contribution in [0.2, 0.25) is 0 Å². The molecule has 288 valence electrons. The van der Waals surface area contributed by atoms with Gasteiger partial charge in [-0.05, 0) is 99.8 Å². The van der Waals surface area contributed by atoms with E-state index in [4.69, 9.17) is 9.66 Å². The van der Waals surface area contributed by atoms with Crippen LogP contribution in [0.4, 0.5) is 0 Å². The number of hydrogen-bond acceptors (Lipinski definition) is 6. The van der Waals surface area contributed by atoms with E-state index in [1.807, 2.05) is 0 Å². The highest BCUT2D eigenvalue weighted by molar-refractivity contribution is 8.26. The van der Waals surface area contributed by atoms with E-state index < -0.39 is 15.8 Å². The van der Waals surface area contributed by atoms with Gasteiger partial charge in [0.2, 0.25) is 0 Å². The summed E-state index contributed by atoms with van der Waals surface area (Å²) in [6, 6.07) is 61.5. The summed E-state index contributed by atoms with van der Waals surface area (Å²) in [6.07, 6.45) is 0. The SMILES string of the molecule is CC(C)(C)c1ccc([S+](c2ccccc2)c2ccccc2)cc1.CC(C)(C)c1ccc([S+](c2ccccc2)c2ccccc2)cc1.O=S(O)(=S)OOOCO. The zero-order chi connectivity index (χ0) is 39.9. The molecule has 0 aromatic heterocycles. The van der Waals surface area contributed by atoms with E-state index in [-0.39, 0.29) is 32.6 Å². The molecule has 0 radical (unpaired) electrons. The first-order chi connectivity index (χ1) is 26.2. The molecular formula is C45H50O6S4+2. The minimum atomic E-state index is -3.82. The van der Waals surface area contributed by atoms with Crippen LogP contribution in [0.25, 0.3) is 0 Å². The van der Waals surface area contributed by atoms with Gasteiger partial charge >= 0.3 is 0 Å². The molecular weight excluding hydrogens is 765 g/mol. The van der Waals surface area contributed by atoms with Gasteiger partial charge in [0.25, 0.3) is 9.05 Å². The Morgan fingerprint density at radius 1 is 0.491 bits per heavy atom. The quantitative estimate of drug-likeness (QED) is 0.0468. The average molecular weight is 815 g/mol. The molecule has 0 fully saturated rings. The predicted molar refractivity (Wildman–Crippen MR) is 229 cm³/mol. The van der Waals surface area contributed by atoms with Crippen LogP contribution in [0.3, 0.4) is 0 Å². The summed E-state index contributed by atoms with van der Waals surface area (Å²) in [5.74, 6) is 0. The Morgan fingerprint density at radius 2 is 0.745 bits per heavy atom. The van der Waals surface area contributed by atoms with Crippen LogP contribution in [0, 0.1) is 0 Å². The molecule has 0 aliphatic rings. The number of aliphatic hydroxyl groups excluding tert-OH is 1. The first-order valence-electron chi connectivity index (χ1n) is 17.6. The highest BCUT2D eigenvalue weighted by atomic mass is 32.9. The minimum Gasteiger partial charge on any atom is -0.368 e. The monoisotopic (exact) mass is 814 g/mol. The van der Waals surface area contributed by atoms with Crippen molar-refractivity contribution in [3.63, 3.8) is 0 Å². The van der Waals surface area contributed by atoms with Gasteiger partial charge in [-0.3, -0.25) is 4.55 Å². The van der Waals surface area contributed by atoms with Gasteiger partial charge in [0, 0.05) is 11.2 Å². The zero-order valence-electron chi connectivity index (χ0n) is 32.0. The fourth-order valence-corrected chi connectivity index (χ4v) is 9.65. The smallest absolute Gasteiger partial charge is 0.296 e. The summed E-state index contributed by atoms with van der Waals surface area (Å²) in [4.78, 5) is 11.8. The van der Waals surface area contributed by atoms with Gasteiger partial charge in [-0.25, -0.2) is 0 Å². The third-order valence-corrected chi connectivity index (χ3v) is 12.9. The lowest BCUT2D eigenvalue weighted by atomic mass is 9.87. The van der Waals surface area contributed by atoms with Crippen LogP contribution in [0.15, 0.2) is 199 Å².